The first-order valence-corrected chi connectivity index (χ1v) is 5.65. The number of esters is 1. The van der Waals surface area contributed by atoms with Crippen molar-refractivity contribution in [2.24, 2.45) is 0 Å². The van der Waals surface area contributed by atoms with Gasteiger partial charge in [-0.1, -0.05) is 12.1 Å². The van der Waals surface area contributed by atoms with Crippen molar-refractivity contribution in [1.29, 1.82) is 0 Å². The lowest BCUT2D eigenvalue weighted by atomic mass is 10.2. The van der Waals surface area contributed by atoms with Crippen LogP contribution in [0.5, 0.6) is 5.75 Å². The van der Waals surface area contributed by atoms with Crippen LogP contribution in [0.15, 0.2) is 42.5 Å². The number of carbonyl (C=O) groups excluding carboxylic acids is 1. The Bertz CT molecular complexity index is 574. The molecule has 0 aliphatic rings. The molecule has 2 aromatic carbocycles. The first-order chi connectivity index (χ1) is 9.04. The molecule has 0 saturated carbocycles. The third kappa shape index (κ3) is 3.38. The highest BCUT2D eigenvalue weighted by Crippen LogP contribution is 2.16. The minimum Gasteiger partial charge on any atom is -0.508 e. The highest BCUT2D eigenvalue weighted by Gasteiger charge is 2.09. The summed E-state index contributed by atoms with van der Waals surface area (Å²) in [4.78, 5) is 11.8. The van der Waals surface area contributed by atoms with Crippen molar-refractivity contribution < 1.29 is 14.6 Å². The Morgan fingerprint density at radius 3 is 2.21 bits per heavy atom. The van der Waals surface area contributed by atoms with Gasteiger partial charge in [0, 0.05) is 11.4 Å². The number of anilines is 2. The lowest BCUT2D eigenvalue weighted by Gasteiger charge is -2.06. The fourth-order valence-electron chi connectivity index (χ4n) is 1.62. The van der Waals surface area contributed by atoms with Gasteiger partial charge in [0.15, 0.2) is 0 Å². The number of nitrogens with two attached hydrogens (primary N) is 2. The van der Waals surface area contributed by atoms with Crippen LogP contribution in [0.4, 0.5) is 11.4 Å². The van der Waals surface area contributed by atoms with Crippen molar-refractivity contribution >= 4 is 17.3 Å². The van der Waals surface area contributed by atoms with Crippen LogP contribution < -0.4 is 11.5 Å². The Kier molecular flexibility index (Phi) is 3.56. The zero-order valence-electron chi connectivity index (χ0n) is 10.2. The topological polar surface area (TPSA) is 98.6 Å². The summed E-state index contributed by atoms with van der Waals surface area (Å²) in [6, 6.07) is 11.0. The molecule has 0 aromatic heterocycles. The van der Waals surface area contributed by atoms with E-state index in [0.29, 0.717) is 16.9 Å². The summed E-state index contributed by atoms with van der Waals surface area (Å²) in [7, 11) is 0. The van der Waals surface area contributed by atoms with Crippen LogP contribution in [0.3, 0.4) is 0 Å². The van der Waals surface area contributed by atoms with Crippen LogP contribution in [-0.4, -0.2) is 11.1 Å². The van der Waals surface area contributed by atoms with Crippen molar-refractivity contribution in [3.05, 3.63) is 53.6 Å². The molecule has 98 valence electrons. The SMILES string of the molecule is Nc1cc(N)cc(C(=O)OCc2ccc(O)cc2)c1. The number of hydrogen-bond donors (Lipinski definition) is 3. The summed E-state index contributed by atoms with van der Waals surface area (Å²) in [6.07, 6.45) is 0. The van der Waals surface area contributed by atoms with Crippen LogP contribution in [-0.2, 0) is 11.3 Å². The van der Waals surface area contributed by atoms with E-state index in [2.05, 4.69) is 0 Å². The summed E-state index contributed by atoms with van der Waals surface area (Å²) >= 11 is 0. The van der Waals surface area contributed by atoms with Gasteiger partial charge < -0.3 is 21.3 Å². The van der Waals surface area contributed by atoms with Gasteiger partial charge in [-0.05, 0) is 35.9 Å². The van der Waals surface area contributed by atoms with E-state index >= 15 is 0 Å². The number of phenolic OH excluding ortho intramolecular Hbond substituents is 1. The predicted octanol–water partition coefficient (Wildman–Crippen LogP) is 1.91. The zero-order chi connectivity index (χ0) is 13.8. The molecule has 5 nitrogen and oxygen atoms in total. The van der Waals surface area contributed by atoms with Crippen LogP contribution in [0.1, 0.15) is 15.9 Å². The molecule has 0 saturated heterocycles. The van der Waals surface area contributed by atoms with Crippen LogP contribution in [0.2, 0.25) is 0 Å². The average molecular weight is 258 g/mol. The number of aromatic hydroxyl groups is 1. The average Bonchev–Trinajstić information content (AvgIpc) is 2.36. The molecule has 0 atom stereocenters. The Labute approximate surface area is 110 Å². The van der Waals surface area contributed by atoms with Crippen molar-refractivity contribution in [2.45, 2.75) is 6.61 Å². The van der Waals surface area contributed by atoms with E-state index < -0.39 is 5.97 Å². The van der Waals surface area contributed by atoms with E-state index in [1.165, 1.54) is 24.3 Å². The summed E-state index contributed by atoms with van der Waals surface area (Å²) in [5, 5.41) is 9.14. The van der Waals surface area contributed by atoms with E-state index in [9.17, 15) is 4.79 Å². The number of rotatable bonds is 3. The fourth-order valence-corrected chi connectivity index (χ4v) is 1.62. The summed E-state index contributed by atoms with van der Waals surface area (Å²) in [6.45, 7) is 0.119. The van der Waals surface area contributed by atoms with Crippen molar-refractivity contribution in [3.8, 4) is 5.75 Å². The van der Waals surface area contributed by atoms with E-state index in [4.69, 9.17) is 21.3 Å². The lowest BCUT2D eigenvalue weighted by Crippen LogP contribution is -2.06. The Hall–Kier alpha value is -2.69. The van der Waals surface area contributed by atoms with Crippen LogP contribution in [0.25, 0.3) is 0 Å². The second kappa shape index (κ2) is 5.30. The van der Waals surface area contributed by atoms with Gasteiger partial charge >= 0.3 is 5.97 Å². The number of ether oxygens (including phenoxy) is 1. The number of nitrogen functional groups attached to an aromatic ring is 2. The van der Waals surface area contributed by atoms with E-state index in [1.54, 1.807) is 18.2 Å². The van der Waals surface area contributed by atoms with Gasteiger partial charge in [-0.3, -0.25) is 0 Å². The largest absolute Gasteiger partial charge is 0.508 e. The fraction of sp³-hybridized carbons (Fsp3) is 0.0714. The monoisotopic (exact) mass is 258 g/mol. The Morgan fingerprint density at radius 2 is 1.63 bits per heavy atom. The molecule has 2 rings (SSSR count). The lowest BCUT2D eigenvalue weighted by molar-refractivity contribution is 0.0473. The molecule has 0 heterocycles. The van der Waals surface area contributed by atoms with Crippen molar-refractivity contribution in [3.63, 3.8) is 0 Å². The maximum absolute atomic E-state index is 11.8. The minimum atomic E-state index is -0.493. The summed E-state index contributed by atoms with van der Waals surface area (Å²) in [5.41, 5.74) is 13.1. The van der Waals surface area contributed by atoms with Gasteiger partial charge in [0.05, 0.1) is 5.56 Å². The molecule has 0 radical (unpaired) electrons. The number of phenols is 1. The first-order valence-electron chi connectivity index (χ1n) is 5.65. The normalized spacial score (nSPS) is 10.1. The molecule has 0 spiro atoms. The van der Waals surface area contributed by atoms with Gasteiger partial charge in [-0.15, -0.1) is 0 Å². The summed E-state index contributed by atoms with van der Waals surface area (Å²) in [5.74, 6) is -0.328. The van der Waals surface area contributed by atoms with E-state index in [-0.39, 0.29) is 12.4 Å². The molecule has 5 N–H and O–H groups in total. The van der Waals surface area contributed by atoms with Crippen molar-refractivity contribution in [2.75, 3.05) is 11.5 Å². The maximum Gasteiger partial charge on any atom is 0.338 e. The highest BCUT2D eigenvalue weighted by atomic mass is 16.5. The van der Waals surface area contributed by atoms with Crippen LogP contribution in [0, 0.1) is 0 Å². The predicted molar refractivity (Wildman–Crippen MR) is 72.5 cm³/mol. The smallest absolute Gasteiger partial charge is 0.338 e. The Morgan fingerprint density at radius 1 is 1.05 bits per heavy atom. The van der Waals surface area contributed by atoms with E-state index in [1.807, 2.05) is 0 Å². The maximum atomic E-state index is 11.8. The molecular weight excluding hydrogens is 244 g/mol. The molecule has 0 aliphatic carbocycles. The molecule has 2 aromatic rings. The number of hydrogen-bond acceptors (Lipinski definition) is 5. The molecule has 5 heteroatoms. The first kappa shape index (κ1) is 12.8. The molecule has 0 unspecified atom stereocenters. The molecule has 0 amide bonds. The molecule has 0 bridgehead atoms. The quantitative estimate of drug-likeness (QED) is 0.577. The second-order valence-corrected chi connectivity index (χ2v) is 4.13. The van der Waals surface area contributed by atoms with Gasteiger partial charge in [0.25, 0.3) is 0 Å². The zero-order valence-corrected chi connectivity index (χ0v) is 10.2. The van der Waals surface area contributed by atoms with Gasteiger partial charge in [-0.25, -0.2) is 4.79 Å². The van der Waals surface area contributed by atoms with Crippen LogP contribution >= 0.6 is 0 Å². The molecule has 19 heavy (non-hydrogen) atoms. The highest BCUT2D eigenvalue weighted by molar-refractivity contribution is 5.91. The van der Waals surface area contributed by atoms with Gasteiger partial charge in [0.1, 0.15) is 12.4 Å². The summed E-state index contributed by atoms with van der Waals surface area (Å²) < 4.78 is 5.13. The number of benzene rings is 2. The molecule has 0 aliphatic heterocycles. The minimum absolute atomic E-state index is 0.119. The van der Waals surface area contributed by atoms with Gasteiger partial charge in [0.2, 0.25) is 0 Å². The van der Waals surface area contributed by atoms with E-state index in [0.717, 1.165) is 5.56 Å². The standard InChI is InChI=1S/C14H14N2O3/c15-11-5-10(6-12(16)7-11)14(18)19-8-9-1-3-13(17)4-2-9/h1-7,17H,8,15-16H2. The van der Waals surface area contributed by atoms with Crippen molar-refractivity contribution in [1.82, 2.24) is 0 Å². The number of carbonyl (C=O) groups is 1. The second-order valence-electron chi connectivity index (χ2n) is 4.13. The Balaban J connectivity index is 2.03. The third-order valence-corrected chi connectivity index (χ3v) is 2.52. The molecular formula is C14H14N2O3. The molecule has 0 fully saturated rings. The van der Waals surface area contributed by atoms with Gasteiger partial charge in [-0.2, -0.15) is 0 Å². The third-order valence-electron chi connectivity index (χ3n) is 2.52.